The van der Waals surface area contributed by atoms with Gasteiger partial charge in [0.25, 0.3) is 5.91 Å². The molecule has 0 atom stereocenters. The predicted octanol–water partition coefficient (Wildman–Crippen LogP) is 3.55. The van der Waals surface area contributed by atoms with Gasteiger partial charge in [-0.15, -0.1) is 0 Å². The van der Waals surface area contributed by atoms with Gasteiger partial charge in [-0.25, -0.2) is 18.0 Å². The van der Waals surface area contributed by atoms with Crippen molar-refractivity contribution in [1.29, 1.82) is 0 Å². The number of ether oxygens (including phenoxy) is 1. The Bertz CT molecular complexity index is 768. The zero-order valence-corrected chi connectivity index (χ0v) is 12.2. The molecule has 2 aromatic rings. The summed E-state index contributed by atoms with van der Waals surface area (Å²) in [5.74, 6) is -4.93. The molecule has 0 saturated heterocycles. The molecular weight excluding hydrogens is 335 g/mol. The molecule has 0 aliphatic rings. The second-order valence-corrected chi connectivity index (χ2v) is 4.81. The number of carbonyl (C=O) groups is 2. The molecule has 0 aromatic heterocycles. The third-order valence-electron chi connectivity index (χ3n) is 2.69. The quantitative estimate of drug-likeness (QED) is 0.864. The minimum Gasteiger partial charge on any atom is -0.452 e. The number of hydrogen-bond acceptors (Lipinski definition) is 3. The summed E-state index contributed by atoms with van der Waals surface area (Å²) in [7, 11) is 0. The molecule has 0 bridgehead atoms. The fraction of sp³-hybridized carbons (Fsp3) is 0.0667. The van der Waals surface area contributed by atoms with Crippen LogP contribution in [0.2, 0.25) is 5.02 Å². The Labute approximate surface area is 133 Å². The van der Waals surface area contributed by atoms with E-state index in [0.717, 1.165) is 30.3 Å². The molecule has 0 radical (unpaired) electrons. The molecule has 0 saturated carbocycles. The minimum absolute atomic E-state index is 0.0115. The summed E-state index contributed by atoms with van der Waals surface area (Å²) in [5.41, 5.74) is -0.391. The number of carbonyl (C=O) groups excluding carboxylic acids is 2. The molecule has 0 fully saturated rings. The van der Waals surface area contributed by atoms with Crippen molar-refractivity contribution in [2.45, 2.75) is 0 Å². The lowest BCUT2D eigenvalue weighted by molar-refractivity contribution is -0.119. The Hall–Kier alpha value is -2.54. The van der Waals surface area contributed by atoms with E-state index in [0.29, 0.717) is 0 Å². The number of benzene rings is 2. The third kappa shape index (κ3) is 4.46. The summed E-state index contributed by atoms with van der Waals surface area (Å²) in [5, 5.41) is 2.31. The standard InChI is InChI=1S/C15H9ClF3NO3/c16-8-1-3-10(12(18)5-8)15(22)23-7-14(21)20-9-2-4-11(17)13(19)6-9/h1-6H,7H2,(H,20,21). The summed E-state index contributed by atoms with van der Waals surface area (Å²) >= 11 is 5.55. The SMILES string of the molecule is O=C(COC(=O)c1ccc(Cl)cc1F)Nc1ccc(F)c(F)c1. The van der Waals surface area contributed by atoms with Crippen LogP contribution in [0.15, 0.2) is 36.4 Å². The fourth-order valence-electron chi connectivity index (χ4n) is 1.63. The molecule has 0 aliphatic carbocycles. The number of nitrogens with one attached hydrogen (secondary N) is 1. The highest BCUT2D eigenvalue weighted by molar-refractivity contribution is 6.30. The van der Waals surface area contributed by atoms with Crippen molar-refractivity contribution in [2.75, 3.05) is 11.9 Å². The van der Waals surface area contributed by atoms with Crippen LogP contribution in [0.1, 0.15) is 10.4 Å². The zero-order valence-electron chi connectivity index (χ0n) is 11.4. The first-order valence-corrected chi connectivity index (χ1v) is 6.61. The summed E-state index contributed by atoms with van der Waals surface area (Å²) < 4.78 is 43.8. The van der Waals surface area contributed by atoms with E-state index in [1.165, 1.54) is 6.07 Å². The first kappa shape index (κ1) is 16.8. The molecule has 0 aliphatic heterocycles. The van der Waals surface area contributed by atoms with Gasteiger partial charge in [0.05, 0.1) is 5.56 Å². The molecule has 1 amide bonds. The van der Waals surface area contributed by atoms with Crippen LogP contribution in [0.3, 0.4) is 0 Å². The highest BCUT2D eigenvalue weighted by Crippen LogP contribution is 2.16. The van der Waals surface area contributed by atoms with Gasteiger partial charge >= 0.3 is 5.97 Å². The van der Waals surface area contributed by atoms with Gasteiger partial charge in [-0.05, 0) is 30.3 Å². The summed E-state index contributed by atoms with van der Waals surface area (Å²) in [6.07, 6.45) is 0. The molecule has 120 valence electrons. The molecule has 2 rings (SSSR count). The van der Waals surface area contributed by atoms with Crippen molar-refractivity contribution in [1.82, 2.24) is 0 Å². The third-order valence-corrected chi connectivity index (χ3v) is 2.92. The molecular formula is C15H9ClF3NO3. The van der Waals surface area contributed by atoms with E-state index >= 15 is 0 Å². The molecule has 0 heterocycles. The molecule has 0 spiro atoms. The van der Waals surface area contributed by atoms with Crippen molar-refractivity contribution in [2.24, 2.45) is 0 Å². The number of rotatable bonds is 4. The van der Waals surface area contributed by atoms with Gasteiger partial charge in [0.1, 0.15) is 5.82 Å². The Morgan fingerprint density at radius 3 is 2.39 bits per heavy atom. The van der Waals surface area contributed by atoms with Crippen molar-refractivity contribution >= 4 is 29.2 Å². The predicted molar refractivity (Wildman–Crippen MR) is 76.7 cm³/mol. The van der Waals surface area contributed by atoms with E-state index in [-0.39, 0.29) is 16.3 Å². The molecule has 4 nitrogen and oxygen atoms in total. The van der Waals surface area contributed by atoms with Crippen LogP contribution < -0.4 is 5.32 Å². The highest BCUT2D eigenvalue weighted by atomic mass is 35.5. The van der Waals surface area contributed by atoms with Crippen molar-refractivity contribution in [3.63, 3.8) is 0 Å². The normalized spacial score (nSPS) is 10.3. The molecule has 0 unspecified atom stereocenters. The van der Waals surface area contributed by atoms with E-state index in [1.54, 1.807) is 0 Å². The average molecular weight is 344 g/mol. The first-order valence-electron chi connectivity index (χ1n) is 6.24. The molecule has 1 N–H and O–H groups in total. The maximum Gasteiger partial charge on any atom is 0.341 e. The Kier molecular flexibility index (Phi) is 5.23. The van der Waals surface area contributed by atoms with Crippen molar-refractivity contribution < 1.29 is 27.5 Å². The van der Waals surface area contributed by atoms with Gasteiger partial charge in [0.15, 0.2) is 18.2 Å². The topological polar surface area (TPSA) is 55.4 Å². The van der Waals surface area contributed by atoms with E-state index < -0.39 is 35.9 Å². The van der Waals surface area contributed by atoms with Crippen LogP contribution in [0.25, 0.3) is 0 Å². The van der Waals surface area contributed by atoms with E-state index in [9.17, 15) is 22.8 Å². The summed E-state index contributed by atoms with van der Waals surface area (Å²) in [4.78, 5) is 23.2. The van der Waals surface area contributed by atoms with Gasteiger partial charge in [0.2, 0.25) is 0 Å². The van der Waals surface area contributed by atoms with Crippen LogP contribution in [0.4, 0.5) is 18.9 Å². The van der Waals surface area contributed by atoms with Crippen LogP contribution in [0.5, 0.6) is 0 Å². The van der Waals surface area contributed by atoms with Crippen molar-refractivity contribution in [3.8, 4) is 0 Å². The second-order valence-electron chi connectivity index (χ2n) is 4.38. The van der Waals surface area contributed by atoms with Crippen LogP contribution in [-0.4, -0.2) is 18.5 Å². The molecule has 23 heavy (non-hydrogen) atoms. The smallest absolute Gasteiger partial charge is 0.341 e. The second kappa shape index (κ2) is 7.15. The summed E-state index contributed by atoms with van der Waals surface area (Å²) in [6.45, 7) is -0.722. The van der Waals surface area contributed by atoms with E-state index in [1.807, 2.05) is 0 Å². The van der Waals surface area contributed by atoms with Gasteiger partial charge < -0.3 is 10.1 Å². The summed E-state index contributed by atoms with van der Waals surface area (Å²) in [6, 6.07) is 6.08. The number of amides is 1. The van der Waals surface area contributed by atoms with Gasteiger partial charge in [-0.3, -0.25) is 4.79 Å². The number of halogens is 4. The average Bonchev–Trinajstić information content (AvgIpc) is 2.48. The zero-order chi connectivity index (χ0) is 17.0. The highest BCUT2D eigenvalue weighted by Gasteiger charge is 2.15. The van der Waals surface area contributed by atoms with Crippen LogP contribution in [0, 0.1) is 17.5 Å². The Morgan fingerprint density at radius 2 is 1.74 bits per heavy atom. The van der Waals surface area contributed by atoms with Gasteiger partial charge in [-0.1, -0.05) is 11.6 Å². The fourth-order valence-corrected chi connectivity index (χ4v) is 1.79. The lowest BCUT2D eigenvalue weighted by Gasteiger charge is -2.07. The van der Waals surface area contributed by atoms with Crippen LogP contribution in [-0.2, 0) is 9.53 Å². The molecule has 2 aromatic carbocycles. The maximum absolute atomic E-state index is 13.5. The maximum atomic E-state index is 13.5. The van der Waals surface area contributed by atoms with E-state index in [2.05, 4.69) is 10.1 Å². The number of anilines is 1. The van der Waals surface area contributed by atoms with Crippen LogP contribution >= 0.6 is 11.6 Å². The largest absolute Gasteiger partial charge is 0.452 e. The number of esters is 1. The van der Waals surface area contributed by atoms with Gasteiger partial charge in [0, 0.05) is 16.8 Å². The monoisotopic (exact) mass is 343 g/mol. The first-order chi connectivity index (χ1) is 10.9. The van der Waals surface area contributed by atoms with Gasteiger partial charge in [-0.2, -0.15) is 0 Å². The lowest BCUT2D eigenvalue weighted by atomic mass is 10.2. The van der Waals surface area contributed by atoms with E-state index in [4.69, 9.17) is 11.6 Å². The Morgan fingerprint density at radius 1 is 1.00 bits per heavy atom. The molecule has 8 heteroatoms. The van der Waals surface area contributed by atoms with Crippen molar-refractivity contribution in [3.05, 3.63) is 64.4 Å². The lowest BCUT2D eigenvalue weighted by Crippen LogP contribution is -2.21. The minimum atomic E-state index is -1.14. The number of hydrogen-bond donors (Lipinski definition) is 1. The Balaban J connectivity index is 1.93.